The van der Waals surface area contributed by atoms with Crippen LogP contribution in [0.25, 0.3) is 12.2 Å². The molecular formula is C16H16Cl2S. The van der Waals surface area contributed by atoms with E-state index >= 15 is 0 Å². The first-order valence-corrected chi connectivity index (χ1v) is 7.49. The van der Waals surface area contributed by atoms with Crippen LogP contribution in [0.3, 0.4) is 0 Å². The smallest absolute Gasteiger partial charge is 0.0934 e. The van der Waals surface area contributed by atoms with E-state index in [4.69, 9.17) is 23.2 Å². The fraction of sp³-hybridized carbons (Fsp3) is 0.125. The van der Waals surface area contributed by atoms with Gasteiger partial charge >= 0.3 is 0 Å². The number of halogens is 2. The normalized spacial score (nSPS) is 10.7. The number of rotatable bonds is 2. The van der Waals surface area contributed by atoms with E-state index in [1.54, 1.807) is 11.3 Å². The van der Waals surface area contributed by atoms with Crippen LogP contribution in [0.2, 0.25) is 9.36 Å². The van der Waals surface area contributed by atoms with Crippen molar-refractivity contribution in [2.24, 2.45) is 0 Å². The summed E-state index contributed by atoms with van der Waals surface area (Å²) in [5.41, 5.74) is 1.19. The molecule has 0 unspecified atom stereocenters. The van der Waals surface area contributed by atoms with Crippen LogP contribution in [0.15, 0.2) is 48.6 Å². The van der Waals surface area contributed by atoms with Gasteiger partial charge in [-0.15, -0.1) is 11.3 Å². The lowest BCUT2D eigenvalue weighted by Crippen LogP contribution is -1.68. The lowest BCUT2D eigenvalue weighted by molar-refractivity contribution is 1.64. The van der Waals surface area contributed by atoms with E-state index in [0.29, 0.717) is 0 Å². The molecule has 1 heterocycles. The fourth-order valence-electron chi connectivity index (χ4n) is 1.35. The molecule has 2 aromatic rings. The van der Waals surface area contributed by atoms with Gasteiger partial charge in [0.05, 0.1) is 4.34 Å². The van der Waals surface area contributed by atoms with Crippen molar-refractivity contribution in [1.82, 2.24) is 0 Å². The summed E-state index contributed by atoms with van der Waals surface area (Å²) in [6, 6.07) is 11.7. The molecule has 0 amide bonds. The molecule has 0 saturated carbocycles. The Morgan fingerprint density at radius 1 is 0.842 bits per heavy atom. The molecular weight excluding hydrogens is 295 g/mol. The zero-order valence-corrected chi connectivity index (χ0v) is 13.3. The first-order chi connectivity index (χ1) is 9.15. The minimum atomic E-state index is 0.785. The van der Waals surface area contributed by atoms with Gasteiger partial charge in [0.2, 0.25) is 0 Å². The molecule has 0 aliphatic heterocycles. The standard InChI is InChI=1S/C9H9Cl.C7H7ClS/c1-2-3-8-4-6-9(10)7-5-8;1-2-3-6-4-5-7(8)9-6/h2-7H,1H3;2-5H,1H3/b2*3-2+. The summed E-state index contributed by atoms with van der Waals surface area (Å²) in [7, 11) is 0. The molecule has 19 heavy (non-hydrogen) atoms. The monoisotopic (exact) mass is 310 g/mol. The lowest BCUT2D eigenvalue weighted by atomic mass is 10.2. The molecule has 3 heteroatoms. The van der Waals surface area contributed by atoms with Crippen LogP contribution in [0.1, 0.15) is 24.3 Å². The van der Waals surface area contributed by atoms with Crippen molar-refractivity contribution >= 4 is 46.7 Å². The minimum Gasteiger partial charge on any atom is -0.124 e. The summed E-state index contributed by atoms with van der Waals surface area (Å²) >= 11 is 13.0. The van der Waals surface area contributed by atoms with Crippen molar-refractivity contribution < 1.29 is 0 Å². The van der Waals surface area contributed by atoms with Crippen molar-refractivity contribution in [1.29, 1.82) is 0 Å². The molecule has 0 N–H and O–H groups in total. The first-order valence-electron chi connectivity index (χ1n) is 5.92. The van der Waals surface area contributed by atoms with Crippen LogP contribution in [0.4, 0.5) is 0 Å². The summed E-state index contributed by atoms with van der Waals surface area (Å²) in [6.45, 7) is 3.99. The molecule has 1 aromatic carbocycles. The van der Waals surface area contributed by atoms with Crippen LogP contribution >= 0.6 is 34.5 Å². The molecule has 0 saturated heterocycles. The molecule has 0 aliphatic carbocycles. The highest BCUT2D eigenvalue weighted by Crippen LogP contribution is 2.22. The van der Waals surface area contributed by atoms with Crippen molar-refractivity contribution in [3.05, 3.63) is 68.3 Å². The van der Waals surface area contributed by atoms with Gasteiger partial charge in [-0.1, -0.05) is 53.6 Å². The third kappa shape index (κ3) is 6.63. The van der Waals surface area contributed by atoms with Crippen LogP contribution in [0.5, 0.6) is 0 Å². The van der Waals surface area contributed by atoms with Gasteiger partial charge in [-0.2, -0.15) is 0 Å². The molecule has 0 radical (unpaired) electrons. The molecule has 1 aromatic heterocycles. The Morgan fingerprint density at radius 2 is 1.47 bits per heavy atom. The second-order valence-electron chi connectivity index (χ2n) is 3.69. The Hall–Kier alpha value is -1.02. The van der Waals surface area contributed by atoms with Crippen LogP contribution in [-0.2, 0) is 0 Å². The largest absolute Gasteiger partial charge is 0.124 e. The summed E-state index contributed by atoms with van der Waals surface area (Å²) in [6.07, 6.45) is 8.08. The molecule has 100 valence electrons. The highest BCUT2D eigenvalue weighted by Gasteiger charge is 1.90. The van der Waals surface area contributed by atoms with Gasteiger partial charge in [-0.25, -0.2) is 0 Å². The molecule has 0 bridgehead atoms. The fourth-order valence-corrected chi connectivity index (χ4v) is 2.51. The van der Waals surface area contributed by atoms with Gasteiger partial charge in [-0.3, -0.25) is 0 Å². The quantitative estimate of drug-likeness (QED) is 0.571. The molecule has 0 aliphatic rings. The van der Waals surface area contributed by atoms with Gasteiger partial charge in [0.1, 0.15) is 0 Å². The average molecular weight is 311 g/mol. The molecule has 0 fully saturated rings. The lowest BCUT2D eigenvalue weighted by Gasteiger charge is -1.90. The summed E-state index contributed by atoms with van der Waals surface area (Å²) < 4.78 is 0.850. The van der Waals surface area contributed by atoms with Gasteiger partial charge in [0.15, 0.2) is 0 Å². The Morgan fingerprint density at radius 3 is 1.95 bits per heavy atom. The SMILES string of the molecule is C/C=C/c1ccc(Cl)cc1.C/C=C/c1ccc(Cl)s1. The summed E-state index contributed by atoms with van der Waals surface area (Å²) in [5, 5.41) is 0.785. The predicted octanol–water partition coefficient (Wildman–Crippen LogP) is 6.81. The van der Waals surface area contributed by atoms with Gasteiger partial charge in [0.25, 0.3) is 0 Å². The second-order valence-corrected chi connectivity index (χ2v) is 5.88. The third-order valence-corrected chi connectivity index (χ3v) is 3.60. The van der Waals surface area contributed by atoms with E-state index < -0.39 is 0 Å². The van der Waals surface area contributed by atoms with Crippen molar-refractivity contribution in [2.75, 3.05) is 0 Å². The number of allylic oxidation sites excluding steroid dienone is 2. The molecule has 0 atom stereocenters. The van der Waals surface area contributed by atoms with Gasteiger partial charge in [-0.05, 0) is 49.8 Å². The minimum absolute atomic E-state index is 0.785. The van der Waals surface area contributed by atoms with Crippen LogP contribution in [-0.4, -0.2) is 0 Å². The maximum absolute atomic E-state index is 5.69. The average Bonchev–Trinajstić information content (AvgIpc) is 2.80. The number of benzene rings is 1. The Bertz CT molecular complexity index is 536. The van der Waals surface area contributed by atoms with Crippen molar-refractivity contribution in [3.63, 3.8) is 0 Å². The Kier molecular flexibility index (Phi) is 7.57. The second kappa shape index (κ2) is 8.98. The summed E-state index contributed by atoms with van der Waals surface area (Å²) in [4.78, 5) is 1.21. The third-order valence-electron chi connectivity index (χ3n) is 2.15. The van der Waals surface area contributed by atoms with Crippen LogP contribution < -0.4 is 0 Å². The van der Waals surface area contributed by atoms with Crippen molar-refractivity contribution in [3.8, 4) is 0 Å². The van der Waals surface area contributed by atoms with E-state index in [1.807, 2.05) is 74.5 Å². The number of hydrogen-bond donors (Lipinski definition) is 0. The Balaban J connectivity index is 0.000000191. The molecule has 0 spiro atoms. The van der Waals surface area contributed by atoms with Gasteiger partial charge < -0.3 is 0 Å². The highest BCUT2D eigenvalue weighted by molar-refractivity contribution is 7.16. The zero-order valence-electron chi connectivity index (χ0n) is 10.9. The van der Waals surface area contributed by atoms with E-state index in [0.717, 1.165) is 9.36 Å². The zero-order chi connectivity index (χ0) is 14.1. The highest BCUT2D eigenvalue weighted by atomic mass is 35.5. The summed E-state index contributed by atoms with van der Waals surface area (Å²) in [5.74, 6) is 0. The number of hydrogen-bond acceptors (Lipinski definition) is 1. The molecule has 2 rings (SSSR count). The van der Waals surface area contributed by atoms with Gasteiger partial charge in [0, 0.05) is 9.90 Å². The van der Waals surface area contributed by atoms with E-state index in [1.165, 1.54) is 10.4 Å². The predicted molar refractivity (Wildman–Crippen MR) is 90.2 cm³/mol. The topological polar surface area (TPSA) is 0 Å². The number of thiophene rings is 1. The maximum atomic E-state index is 5.69. The van der Waals surface area contributed by atoms with E-state index in [-0.39, 0.29) is 0 Å². The van der Waals surface area contributed by atoms with E-state index in [2.05, 4.69) is 0 Å². The first kappa shape index (κ1) is 16.0. The Labute approximate surface area is 129 Å². The van der Waals surface area contributed by atoms with Crippen molar-refractivity contribution in [2.45, 2.75) is 13.8 Å². The molecule has 0 nitrogen and oxygen atoms in total. The van der Waals surface area contributed by atoms with Crippen LogP contribution in [0, 0.1) is 0 Å². The maximum Gasteiger partial charge on any atom is 0.0934 e. The van der Waals surface area contributed by atoms with E-state index in [9.17, 15) is 0 Å².